The third-order valence-corrected chi connectivity index (χ3v) is 5.23. The van der Waals surface area contributed by atoms with E-state index in [0.717, 1.165) is 24.4 Å². The Balaban J connectivity index is 1.59. The van der Waals surface area contributed by atoms with Crippen LogP contribution >= 0.6 is 0 Å². The van der Waals surface area contributed by atoms with Crippen LogP contribution in [0.2, 0.25) is 0 Å². The molecule has 1 amide bonds. The Bertz CT molecular complexity index is 768. The van der Waals surface area contributed by atoms with Crippen LogP contribution in [0.25, 0.3) is 0 Å². The zero-order valence-electron chi connectivity index (χ0n) is 17.1. The third-order valence-electron chi connectivity index (χ3n) is 5.23. The molecule has 0 bridgehead atoms. The Hall–Kier alpha value is -2.53. The molecule has 1 N–H and O–H groups in total. The fourth-order valence-corrected chi connectivity index (χ4v) is 3.62. The minimum absolute atomic E-state index is 0.0374. The predicted octanol–water partition coefficient (Wildman–Crippen LogP) is 3.39. The van der Waals surface area contributed by atoms with Gasteiger partial charge in [-0.1, -0.05) is 24.3 Å². The standard InChI is InChI=1S/C23H31N3O2/c1-18-7-6-8-21(15-18)28-17-23(27)24-16-22(26-13-4-5-14-26)19-9-11-20(12-10-19)25(2)3/h6-12,15,22H,4-5,13-14,16-17H2,1-3H3,(H,24,27)/t22-/m1/s1. The Morgan fingerprint density at radius 3 is 2.50 bits per heavy atom. The van der Waals surface area contributed by atoms with Gasteiger partial charge in [0, 0.05) is 26.3 Å². The van der Waals surface area contributed by atoms with Crippen LogP contribution < -0.4 is 15.0 Å². The number of likely N-dealkylation sites (tertiary alicyclic amines) is 1. The second-order valence-corrected chi connectivity index (χ2v) is 7.65. The van der Waals surface area contributed by atoms with E-state index >= 15 is 0 Å². The first-order valence-electron chi connectivity index (χ1n) is 10.0. The molecule has 3 rings (SSSR count). The van der Waals surface area contributed by atoms with Gasteiger partial charge < -0.3 is 15.0 Å². The molecule has 0 aromatic heterocycles. The number of amides is 1. The number of rotatable bonds is 8. The van der Waals surface area contributed by atoms with Crippen molar-refractivity contribution >= 4 is 11.6 Å². The van der Waals surface area contributed by atoms with Gasteiger partial charge in [0.2, 0.25) is 0 Å². The Labute approximate surface area is 168 Å². The van der Waals surface area contributed by atoms with E-state index in [9.17, 15) is 4.79 Å². The largest absolute Gasteiger partial charge is 0.484 e. The molecule has 5 heteroatoms. The first-order valence-corrected chi connectivity index (χ1v) is 10.0. The molecule has 2 aromatic rings. The molecule has 1 atom stereocenters. The van der Waals surface area contributed by atoms with Gasteiger partial charge in [0.1, 0.15) is 5.75 Å². The van der Waals surface area contributed by atoms with Gasteiger partial charge >= 0.3 is 0 Å². The van der Waals surface area contributed by atoms with Crippen LogP contribution in [-0.4, -0.2) is 51.1 Å². The number of carbonyl (C=O) groups excluding carboxylic acids is 1. The number of hydrogen-bond acceptors (Lipinski definition) is 4. The maximum atomic E-state index is 12.3. The first kappa shape index (κ1) is 20.2. The topological polar surface area (TPSA) is 44.8 Å². The number of carbonyl (C=O) groups is 1. The zero-order chi connectivity index (χ0) is 19.9. The van der Waals surface area contributed by atoms with E-state index in [-0.39, 0.29) is 18.6 Å². The molecule has 0 unspecified atom stereocenters. The van der Waals surface area contributed by atoms with E-state index in [0.29, 0.717) is 6.54 Å². The molecule has 28 heavy (non-hydrogen) atoms. The molecule has 1 heterocycles. The molecule has 0 spiro atoms. The molecule has 0 saturated carbocycles. The average molecular weight is 382 g/mol. The van der Waals surface area contributed by atoms with Crippen molar-refractivity contribution in [3.05, 3.63) is 59.7 Å². The summed E-state index contributed by atoms with van der Waals surface area (Å²) in [5, 5.41) is 3.06. The lowest BCUT2D eigenvalue weighted by Gasteiger charge is -2.28. The number of ether oxygens (including phenoxy) is 1. The molecule has 1 saturated heterocycles. The molecule has 5 nitrogen and oxygen atoms in total. The Kier molecular flexibility index (Phi) is 6.93. The van der Waals surface area contributed by atoms with E-state index in [4.69, 9.17) is 4.74 Å². The summed E-state index contributed by atoms with van der Waals surface area (Å²) in [6.07, 6.45) is 2.44. The van der Waals surface area contributed by atoms with Gasteiger partial charge in [0.05, 0.1) is 6.04 Å². The highest BCUT2D eigenvalue weighted by Gasteiger charge is 2.24. The van der Waals surface area contributed by atoms with Gasteiger partial charge in [-0.25, -0.2) is 0 Å². The third kappa shape index (κ3) is 5.49. The highest BCUT2D eigenvalue weighted by Crippen LogP contribution is 2.26. The minimum atomic E-state index is -0.0874. The summed E-state index contributed by atoms with van der Waals surface area (Å²) in [5.41, 5.74) is 3.54. The highest BCUT2D eigenvalue weighted by atomic mass is 16.5. The summed E-state index contributed by atoms with van der Waals surface area (Å²) in [6, 6.07) is 16.6. The quantitative estimate of drug-likeness (QED) is 0.761. The molecular formula is C23H31N3O2. The van der Waals surface area contributed by atoms with Gasteiger partial charge in [-0.3, -0.25) is 9.69 Å². The van der Waals surface area contributed by atoms with Crippen LogP contribution in [0.15, 0.2) is 48.5 Å². The van der Waals surface area contributed by atoms with E-state index in [1.807, 2.05) is 45.3 Å². The van der Waals surface area contributed by atoms with Crippen molar-refractivity contribution in [3.8, 4) is 5.75 Å². The number of nitrogens with zero attached hydrogens (tertiary/aromatic N) is 2. The Morgan fingerprint density at radius 1 is 1.14 bits per heavy atom. The molecule has 1 fully saturated rings. The second kappa shape index (κ2) is 9.60. The minimum Gasteiger partial charge on any atom is -0.484 e. The molecule has 0 radical (unpaired) electrons. The normalized spacial score (nSPS) is 15.2. The lowest BCUT2D eigenvalue weighted by molar-refractivity contribution is -0.123. The number of nitrogens with one attached hydrogen (secondary N) is 1. The summed E-state index contributed by atoms with van der Waals surface area (Å²) >= 11 is 0. The zero-order valence-corrected chi connectivity index (χ0v) is 17.1. The average Bonchev–Trinajstić information content (AvgIpc) is 3.21. The summed E-state index contributed by atoms with van der Waals surface area (Å²) in [5.74, 6) is 0.640. The van der Waals surface area contributed by atoms with E-state index in [1.54, 1.807) is 0 Å². The monoisotopic (exact) mass is 381 g/mol. The van der Waals surface area contributed by atoms with Crippen molar-refractivity contribution in [2.75, 3.05) is 45.2 Å². The van der Waals surface area contributed by atoms with Crippen LogP contribution in [-0.2, 0) is 4.79 Å². The molecule has 0 aliphatic carbocycles. The fourth-order valence-electron chi connectivity index (χ4n) is 3.62. The van der Waals surface area contributed by atoms with Crippen molar-refractivity contribution in [3.63, 3.8) is 0 Å². The van der Waals surface area contributed by atoms with Crippen LogP contribution in [0.5, 0.6) is 5.75 Å². The summed E-state index contributed by atoms with van der Waals surface area (Å²) in [4.78, 5) is 16.9. The fraction of sp³-hybridized carbons (Fsp3) is 0.435. The van der Waals surface area contributed by atoms with Crippen molar-refractivity contribution < 1.29 is 9.53 Å². The molecule has 150 valence electrons. The van der Waals surface area contributed by atoms with Crippen LogP contribution in [0.3, 0.4) is 0 Å². The number of anilines is 1. The van der Waals surface area contributed by atoms with Crippen molar-refractivity contribution in [1.82, 2.24) is 10.2 Å². The van der Waals surface area contributed by atoms with E-state index in [1.165, 1.54) is 24.1 Å². The van der Waals surface area contributed by atoms with Crippen molar-refractivity contribution in [2.24, 2.45) is 0 Å². The van der Waals surface area contributed by atoms with E-state index in [2.05, 4.69) is 39.4 Å². The molecular weight excluding hydrogens is 350 g/mol. The molecule has 1 aliphatic rings. The van der Waals surface area contributed by atoms with Crippen LogP contribution in [0.4, 0.5) is 5.69 Å². The lowest BCUT2D eigenvalue weighted by Crippen LogP contribution is -2.38. The predicted molar refractivity (Wildman–Crippen MR) is 114 cm³/mol. The van der Waals surface area contributed by atoms with Crippen molar-refractivity contribution in [1.29, 1.82) is 0 Å². The smallest absolute Gasteiger partial charge is 0.258 e. The molecule has 2 aromatic carbocycles. The van der Waals surface area contributed by atoms with Gasteiger partial charge in [0.25, 0.3) is 5.91 Å². The maximum absolute atomic E-state index is 12.3. The Morgan fingerprint density at radius 2 is 1.86 bits per heavy atom. The van der Waals surface area contributed by atoms with Crippen LogP contribution in [0.1, 0.15) is 30.0 Å². The summed E-state index contributed by atoms with van der Waals surface area (Å²) < 4.78 is 5.62. The van der Waals surface area contributed by atoms with Gasteiger partial charge in [-0.05, 0) is 68.2 Å². The number of aryl methyl sites for hydroxylation is 1. The SMILES string of the molecule is Cc1cccc(OCC(=O)NC[C@H](c2ccc(N(C)C)cc2)N2CCCC2)c1. The molecule has 1 aliphatic heterocycles. The van der Waals surface area contributed by atoms with Gasteiger partial charge in [-0.2, -0.15) is 0 Å². The summed E-state index contributed by atoms with van der Waals surface area (Å²) in [7, 11) is 4.09. The van der Waals surface area contributed by atoms with Gasteiger partial charge in [-0.15, -0.1) is 0 Å². The van der Waals surface area contributed by atoms with Crippen LogP contribution in [0, 0.1) is 6.92 Å². The second-order valence-electron chi connectivity index (χ2n) is 7.65. The summed E-state index contributed by atoms with van der Waals surface area (Å²) in [6.45, 7) is 4.80. The lowest BCUT2D eigenvalue weighted by atomic mass is 10.0. The maximum Gasteiger partial charge on any atom is 0.258 e. The van der Waals surface area contributed by atoms with Gasteiger partial charge in [0.15, 0.2) is 6.61 Å². The van der Waals surface area contributed by atoms with E-state index < -0.39 is 0 Å². The number of hydrogen-bond donors (Lipinski definition) is 1. The van der Waals surface area contributed by atoms with Crippen molar-refractivity contribution in [2.45, 2.75) is 25.8 Å². The first-order chi connectivity index (χ1) is 13.5. The highest BCUT2D eigenvalue weighted by molar-refractivity contribution is 5.77. The number of benzene rings is 2.